The maximum Gasteiger partial charge on any atom is 0.303 e. The van der Waals surface area contributed by atoms with Crippen LogP contribution in [0.1, 0.15) is 83.3 Å². The van der Waals surface area contributed by atoms with Gasteiger partial charge in [0.2, 0.25) is 0 Å². The predicted molar refractivity (Wildman–Crippen MR) is 133 cm³/mol. The summed E-state index contributed by atoms with van der Waals surface area (Å²) >= 11 is 0. The van der Waals surface area contributed by atoms with Gasteiger partial charge in [-0.05, 0) is 62.0 Å². The van der Waals surface area contributed by atoms with Crippen LogP contribution in [-0.2, 0) is 15.6 Å². The quantitative estimate of drug-likeness (QED) is 0.312. The minimum absolute atomic E-state index is 0.0797. The summed E-state index contributed by atoms with van der Waals surface area (Å²) < 4.78 is 0. The van der Waals surface area contributed by atoms with Crippen molar-refractivity contribution in [1.82, 2.24) is 0 Å². The van der Waals surface area contributed by atoms with Crippen LogP contribution in [0.2, 0.25) is 0 Å². The van der Waals surface area contributed by atoms with Crippen LogP contribution in [0, 0.1) is 0 Å². The van der Waals surface area contributed by atoms with Crippen LogP contribution in [0.3, 0.4) is 0 Å². The number of aliphatic hydroxyl groups excluding tert-OH is 1. The Labute approximate surface area is 194 Å². The molecule has 0 radical (unpaired) electrons. The van der Waals surface area contributed by atoms with Crippen molar-refractivity contribution in [2.75, 3.05) is 0 Å². The van der Waals surface area contributed by atoms with Gasteiger partial charge in [0.05, 0.1) is 6.10 Å². The number of rotatable bonds is 14. The number of benzene rings is 2. The minimum atomic E-state index is -0.758. The molecule has 0 aromatic heterocycles. The van der Waals surface area contributed by atoms with Crippen LogP contribution >= 0.6 is 0 Å². The molecular weight excluding hydrogens is 396 g/mol. The van der Waals surface area contributed by atoms with E-state index in [0.29, 0.717) is 6.42 Å². The molecular formula is C29H40O3. The fraction of sp³-hybridized carbons (Fsp3) is 0.483. The van der Waals surface area contributed by atoms with E-state index < -0.39 is 5.97 Å². The van der Waals surface area contributed by atoms with Gasteiger partial charge in [-0.25, -0.2) is 0 Å². The molecule has 0 spiro atoms. The van der Waals surface area contributed by atoms with Crippen molar-refractivity contribution in [2.24, 2.45) is 0 Å². The van der Waals surface area contributed by atoms with Crippen LogP contribution < -0.4 is 0 Å². The molecule has 2 rings (SSSR count). The van der Waals surface area contributed by atoms with E-state index in [-0.39, 0.29) is 23.4 Å². The second kappa shape index (κ2) is 12.0. The van der Waals surface area contributed by atoms with Gasteiger partial charge in [0.1, 0.15) is 0 Å². The van der Waals surface area contributed by atoms with Gasteiger partial charge in [0, 0.05) is 11.8 Å². The molecule has 0 aliphatic rings. The molecule has 0 bridgehead atoms. The first kappa shape index (κ1) is 25.9. The monoisotopic (exact) mass is 436 g/mol. The van der Waals surface area contributed by atoms with E-state index in [2.05, 4.69) is 63.7 Å². The third-order valence-corrected chi connectivity index (χ3v) is 7.19. The molecule has 3 atom stereocenters. The Kier molecular flexibility index (Phi) is 9.71. The fourth-order valence-electron chi connectivity index (χ4n) is 4.61. The first-order valence-corrected chi connectivity index (χ1v) is 11.8. The SMILES string of the molecule is C=C(C)C(C)(CCCC(O)CCCC(C)(CCC(=O)O)c1ccccc1)c1ccccc1. The average Bonchev–Trinajstić information content (AvgIpc) is 2.78. The highest BCUT2D eigenvalue weighted by molar-refractivity contribution is 5.66. The average molecular weight is 437 g/mol. The molecule has 32 heavy (non-hydrogen) atoms. The highest BCUT2D eigenvalue weighted by Gasteiger charge is 2.28. The molecule has 0 fully saturated rings. The summed E-state index contributed by atoms with van der Waals surface area (Å²) in [5.74, 6) is -0.758. The van der Waals surface area contributed by atoms with E-state index in [1.165, 1.54) is 11.1 Å². The Hall–Kier alpha value is -2.39. The predicted octanol–water partition coefficient (Wildman–Crippen LogP) is 7.04. The Bertz CT molecular complexity index is 845. The standard InChI is InChI=1S/C29H40O3/c1-23(2)29(4,25-15-9-6-10-16-25)21-12-18-26(30)17-11-20-28(3,22-19-27(31)32)24-13-7-5-8-14-24/h5-10,13-16,26,30H,1,11-12,17-22H2,2-4H3,(H,31,32). The minimum Gasteiger partial charge on any atom is -0.481 e. The maximum atomic E-state index is 11.2. The molecule has 2 aromatic carbocycles. The summed E-state index contributed by atoms with van der Waals surface area (Å²) in [7, 11) is 0. The zero-order valence-corrected chi connectivity index (χ0v) is 20.0. The first-order valence-electron chi connectivity index (χ1n) is 11.8. The van der Waals surface area contributed by atoms with Gasteiger partial charge in [-0.1, -0.05) is 93.1 Å². The number of carboxylic acid groups (broad SMARTS) is 1. The Balaban J connectivity index is 1.87. The topological polar surface area (TPSA) is 57.5 Å². The molecule has 0 aliphatic carbocycles. The normalized spacial score (nSPS) is 16.0. The lowest BCUT2D eigenvalue weighted by Gasteiger charge is -2.32. The Morgan fingerprint density at radius 3 is 1.88 bits per heavy atom. The number of hydrogen-bond donors (Lipinski definition) is 2. The molecule has 2 N–H and O–H groups in total. The Morgan fingerprint density at radius 2 is 1.38 bits per heavy atom. The lowest BCUT2D eigenvalue weighted by Crippen LogP contribution is -2.24. The molecule has 3 heteroatoms. The van der Waals surface area contributed by atoms with Crippen LogP contribution in [0.5, 0.6) is 0 Å². The third-order valence-electron chi connectivity index (χ3n) is 7.19. The van der Waals surface area contributed by atoms with Crippen molar-refractivity contribution >= 4 is 5.97 Å². The summed E-state index contributed by atoms with van der Waals surface area (Å²) in [6, 6.07) is 20.7. The number of carboxylic acids is 1. The van der Waals surface area contributed by atoms with Gasteiger partial charge >= 0.3 is 5.97 Å². The summed E-state index contributed by atoms with van der Waals surface area (Å²) in [5.41, 5.74) is 3.33. The number of carbonyl (C=O) groups is 1. The van der Waals surface area contributed by atoms with Crippen LogP contribution in [0.4, 0.5) is 0 Å². The lowest BCUT2D eigenvalue weighted by atomic mass is 9.73. The molecule has 0 aliphatic heterocycles. The second-order valence-corrected chi connectivity index (χ2v) is 9.74. The molecule has 3 nitrogen and oxygen atoms in total. The number of aliphatic carboxylic acids is 1. The van der Waals surface area contributed by atoms with Gasteiger partial charge in [-0.2, -0.15) is 0 Å². The zero-order chi connectivity index (χ0) is 23.6. The fourth-order valence-corrected chi connectivity index (χ4v) is 4.61. The summed E-state index contributed by atoms with van der Waals surface area (Å²) in [4.78, 5) is 11.2. The second-order valence-electron chi connectivity index (χ2n) is 9.74. The van der Waals surface area contributed by atoms with Crippen LogP contribution in [0.15, 0.2) is 72.8 Å². The summed E-state index contributed by atoms with van der Waals surface area (Å²) in [6.07, 6.45) is 5.59. The summed E-state index contributed by atoms with van der Waals surface area (Å²) in [6.45, 7) is 10.7. The Morgan fingerprint density at radius 1 is 0.875 bits per heavy atom. The lowest BCUT2D eigenvalue weighted by molar-refractivity contribution is -0.137. The van der Waals surface area contributed by atoms with Crippen LogP contribution in [0.25, 0.3) is 0 Å². The number of aliphatic hydroxyl groups is 1. The van der Waals surface area contributed by atoms with E-state index in [4.69, 9.17) is 0 Å². The van der Waals surface area contributed by atoms with Gasteiger partial charge in [0.15, 0.2) is 0 Å². The van der Waals surface area contributed by atoms with Gasteiger partial charge < -0.3 is 10.2 Å². The van der Waals surface area contributed by atoms with E-state index in [1.54, 1.807) is 0 Å². The van der Waals surface area contributed by atoms with Crippen molar-refractivity contribution in [3.63, 3.8) is 0 Å². The molecule has 2 aromatic rings. The van der Waals surface area contributed by atoms with E-state index in [1.807, 2.05) is 24.3 Å². The molecule has 0 heterocycles. The maximum absolute atomic E-state index is 11.2. The highest BCUT2D eigenvalue weighted by atomic mass is 16.4. The molecule has 0 amide bonds. The van der Waals surface area contributed by atoms with Gasteiger partial charge in [-0.3, -0.25) is 4.79 Å². The first-order chi connectivity index (χ1) is 15.2. The number of allylic oxidation sites excluding steroid dienone is 1. The highest BCUT2D eigenvalue weighted by Crippen LogP contribution is 2.37. The third kappa shape index (κ3) is 7.34. The van der Waals surface area contributed by atoms with Crippen molar-refractivity contribution in [2.45, 2.75) is 89.1 Å². The smallest absolute Gasteiger partial charge is 0.303 e. The van der Waals surface area contributed by atoms with Crippen molar-refractivity contribution in [3.05, 3.63) is 83.9 Å². The zero-order valence-electron chi connectivity index (χ0n) is 20.0. The van der Waals surface area contributed by atoms with E-state index in [0.717, 1.165) is 44.1 Å². The molecule has 174 valence electrons. The number of hydrogen-bond acceptors (Lipinski definition) is 2. The van der Waals surface area contributed by atoms with E-state index >= 15 is 0 Å². The van der Waals surface area contributed by atoms with E-state index in [9.17, 15) is 15.0 Å². The van der Waals surface area contributed by atoms with Gasteiger partial charge in [0.25, 0.3) is 0 Å². The summed E-state index contributed by atoms with van der Waals surface area (Å²) in [5, 5.41) is 19.8. The van der Waals surface area contributed by atoms with Crippen molar-refractivity contribution in [3.8, 4) is 0 Å². The largest absolute Gasteiger partial charge is 0.481 e. The van der Waals surface area contributed by atoms with Gasteiger partial charge in [-0.15, -0.1) is 0 Å². The van der Waals surface area contributed by atoms with Crippen molar-refractivity contribution < 1.29 is 15.0 Å². The van der Waals surface area contributed by atoms with Crippen molar-refractivity contribution in [1.29, 1.82) is 0 Å². The molecule has 0 saturated carbocycles. The van der Waals surface area contributed by atoms with Crippen LogP contribution in [-0.4, -0.2) is 22.3 Å². The molecule has 3 unspecified atom stereocenters. The molecule has 0 saturated heterocycles.